The quantitative estimate of drug-likeness (QED) is 0.721. The molecule has 0 aliphatic carbocycles. The Balaban J connectivity index is 2.16. The number of anilines is 1. The summed E-state index contributed by atoms with van der Waals surface area (Å²) in [5, 5.41) is 1.86. The van der Waals surface area contributed by atoms with E-state index in [0.29, 0.717) is 0 Å². The smallest absolute Gasteiger partial charge is 0.417 e. The number of carbonyl (C=O) groups is 1. The van der Waals surface area contributed by atoms with E-state index in [0.717, 1.165) is 12.1 Å². The molecule has 0 aromatic heterocycles. The van der Waals surface area contributed by atoms with E-state index >= 15 is 0 Å². The number of rotatable bonds is 5. The molecular formula is C17H14ClF4NO2. The van der Waals surface area contributed by atoms with Crippen molar-refractivity contribution < 1.29 is 27.1 Å². The third-order valence-corrected chi connectivity index (χ3v) is 3.64. The number of hydrogen-bond donors (Lipinski definition) is 1. The minimum absolute atomic E-state index is 0.0858. The van der Waals surface area contributed by atoms with E-state index in [4.69, 9.17) is 16.3 Å². The molecule has 0 aliphatic heterocycles. The lowest BCUT2D eigenvalue weighted by molar-refractivity contribution is -0.137. The highest BCUT2D eigenvalue weighted by molar-refractivity contribution is 6.31. The Morgan fingerprint density at radius 2 is 1.92 bits per heavy atom. The van der Waals surface area contributed by atoms with Gasteiger partial charge in [-0.15, -0.1) is 0 Å². The molecule has 2 aromatic carbocycles. The standard InChI is InChI=1S/C17H14ClF4NO2/c1-2-14(25-15-6-4-3-5-13(15)19)16(24)23-10-7-8-12(18)11(9-10)17(20,21)22/h3-9,14H,2H2,1H3,(H,23,24)/t14-/m0/s1. The van der Waals surface area contributed by atoms with Crippen molar-refractivity contribution in [2.75, 3.05) is 5.32 Å². The van der Waals surface area contributed by atoms with Gasteiger partial charge in [0.1, 0.15) is 0 Å². The fraction of sp³-hybridized carbons (Fsp3) is 0.235. The summed E-state index contributed by atoms with van der Waals surface area (Å²) >= 11 is 5.53. The molecule has 3 nitrogen and oxygen atoms in total. The Bertz CT molecular complexity index is 765. The molecule has 8 heteroatoms. The normalized spacial score (nSPS) is 12.6. The van der Waals surface area contributed by atoms with Crippen molar-refractivity contribution in [3.63, 3.8) is 0 Å². The Morgan fingerprint density at radius 3 is 2.52 bits per heavy atom. The number of ether oxygens (including phenoxy) is 1. The largest absolute Gasteiger partial charge is 0.478 e. The zero-order chi connectivity index (χ0) is 18.6. The second kappa shape index (κ2) is 7.74. The number of carbonyl (C=O) groups excluding carboxylic acids is 1. The molecule has 0 bridgehead atoms. The van der Waals surface area contributed by atoms with E-state index < -0.39 is 34.6 Å². The molecular weight excluding hydrogens is 362 g/mol. The maximum absolute atomic E-state index is 13.6. The van der Waals surface area contributed by atoms with Crippen LogP contribution < -0.4 is 10.1 Å². The molecule has 1 N–H and O–H groups in total. The lowest BCUT2D eigenvalue weighted by atomic mass is 10.1. The number of halogens is 5. The summed E-state index contributed by atoms with van der Waals surface area (Å²) < 4.78 is 57.5. The summed E-state index contributed by atoms with van der Waals surface area (Å²) in [7, 11) is 0. The Hall–Kier alpha value is -2.28. The minimum atomic E-state index is -4.65. The highest BCUT2D eigenvalue weighted by Gasteiger charge is 2.33. The molecule has 0 aliphatic rings. The van der Waals surface area contributed by atoms with Crippen LogP contribution in [0.4, 0.5) is 23.2 Å². The maximum Gasteiger partial charge on any atom is 0.417 e. The van der Waals surface area contributed by atoms with Crippen LogP contribution in [0.15, 0.2) is 42.5 Å². The van der Waals surface area contributed by atoms with Crippen molar-refractivity contribution in [3.05, 3.63) is 58.9 Å². The first-order chi connectivity index (χ1) is 11.7. The number of benzene rings is 2. The first-order valence-electron chi connectivity index (χ1n) is 7.31. The van der Waals surface area contributed by atoms with Crippen molar-refractivity contribution in [1.82, 2.24) is 0 Å². The lowest BCUT2D eigenvalue weighted by Crippen LogP contribution is -2.32. The SMILES string of the molecule is CC[C@H](Oc1ccccc1F)C(=O)Nc1ccc(Cl)c(C(F)(F)F)c1. The van der Waals surface area contributed by atoms with Crippen LogP contribution in [0, 0.1) is 5.82 Å². The molecule has 25 heavy (non-hydrogen) atoms. The third-order valence-electron chi connectivity index (χ3n) is 3.31. The minimum Gasteiger partial charge on any atom is -0.478 e. The highest BCUT2D eigenvalue weighted by atomic mass is 35.5. The van der Waals surface area contributed by atoms with Crippen molar-refractivity contribution in [1.29, 1.82) is 0 Å². The molecule has 0 unspecified atom stereocenters. The summed E-state index contributed by atoms with van der Waals surface area (Å²) in [6.07, 6.45) is -5.52. The van der Waals surface area contributed by atoms with Gasteiger partial charge >= 0.3 is 6.18 Å². The summed E-state index contributed by atoms with van der Waals surface area (Å²) in [5.74, 6) is -1.45. The first kappa shape index (κ1) is 19.1. The van der Waals surface area contributed by atoms with Crippen LogP contribution in [0.2, 0.25) is 5.02 Å². The highest BCUT2D eigenvalue weighted by Crippen LogP contribution is 2.36. The van der Waals surface area contributed by atoms with Gasteiger partial charge in [0.05, 0.1) is 10.6 Å². The maximum atomic E-state index is 13.6. The molecule has 1 atom stereocenters. The van der Waals surface area contributed by atoms with Crippen molar-refractivity contribution in [3.8, 4) is 5.75 Å². The van der Waals surface area contributed by atoms with Gasteiger partial charge in [0.15, 0.2) is 17.7 Å². The molecule has 2 rings (SSSR count). The van der Waals surface area contributed by atoms with Crippen LogP contribution in [0.5, 0.6) is 5.75 Å². The monoisotopic (exact) mass is 375 g/mol. The van der Waals surface area contributed by atoms with Gasteiger partial charge < -0.3 is 10.1 Å². The van der Waals surface area contributed by atoms with Gasteiger partial charge in [-0.25, -0.2) is 4.39 Å². The zero-order valence-electron chi connectivity index (χ0n) is 13.0. The van der Waals surface area contributed by atoms with E-state index in [1.54, 1.807) is 6.92 Å². The Kier molecular flexibility index (Phi) is 5.89. The number of nitrogens with one attached hydrogen (secondary N) is 1. The number of para-hydroxylation sites is 1. The average molecular weight is 376 g/mol. The van der Waals surface area contributed by atoms with Gasteiger partial charge in [0.2, 0.25) is 0 Å². The lowest BCUT2D eigenvalue weighted by Gasteiger charge is -2.18. The van der Waals surface area contributed by atoms with Crippen molar-refractivity contribution >= 4 is 23.2 Å². The fourth-order valence-electron chi connectivity index (χ4n) is 2.06. The van der Waals surface area contributed by atoms with E-state index in [-0.39, 0.29) is 17.9 Å². The second-order valence-electron chi connectivity index (χ2n) is 5.13. The number of hydrogen-bond acceptors (Lipinski definition) is 2. The summed E-state index contributed by atoms with van der Waals surface area (Å²) in [4.78, 5) is 12.2. The van der Waals surface area contributed by atoms with Gasteiger partial charge in [-0.2, -0.15) is 13.2 Å². The van der Waals surface area contributed by atoms with Crippen LogP contribution >= 0.6 is 11.6 Å². The van der Waals surface area contributed by atoms with E-state index in [1.807, 2.05) is 0 Å². The van der Waals surface area contributed by atoms with Crippen LogP contribution in [0.25, 0.3) is 0 Å². The van der Waals surface area contributed by atoms with Crippen LogP contribution in [-0.2, 0) is 11.0 Å². The molecule has 1 amide bonds. The van der Waals surface area contributed by atoms with Gasteiger partial charge in [-0.05, 0) is 36.8 Å². The number of amides is 1. The first-order valence-corrected chi connectivity index (χ1v) is 7.69. The molecule has 0 radical (unpaired) electrons. The summed E-state index contributed by atoms with van der Waals surface area (Å²) in [5.41, 5.74) is -1.15. The molecule has 0 saturated heterocycles. The predicted molar refractivity (Wildman–Crippen MR) is 86.2 cm³/mol. The molecule has 0 heterocycles. The van der Waals surface area contributed by atoms with Crippen molar-refractivity contribution in [2.45, 2.75) is 25.6 Å². The van der Waals surface area contributed by atoms with E-state index in [2.05, 4.69) is 5.32 Å². The summed E-state index contributed by atoms with van der Waals surface area (Å²) in [6.45, 7) is 1.63. The topological polar surface area (TPSA) is 38.3 Å². The van der Waals surface area contributed by atoms with Gasteiger partial charge in [0.25, 0.3) is 5.91 Å². The molecule has 0 saturated carbocycles. The van der Waals surface area contributed by atoms with Gasteiger partial charge in [0, 0.05) is 5.69 Å². The van der Waals surface area contributed by atoms with Crippen LogP contribution in [0.1, 0.15) is 18.9 Å². The third kappa shape index (κ3) is 4.85. The van der Waals surface area contributed by atoms with Gasteiger partial charge in [-0.3, -0.25) is 4.79 Å². The molecule has 0 spiro atoms. The second-order valence-corrected chi connectivity index (χ2v) is 5.53. The van der Waals surface area contributed by atoms with E-state index in [1.165, 1.54) is 30.3 Å². The van der Waals surface area contributed by atoms with Crippen LogP contribution in [0.3, 0.4) is 0 Å². The molecule has 0 fully saturated rings. The summed E-state index contributed by atoms with van der Waals surface area (Å²) in [6, 6.07) is 8.55. The Labute approximate surface area is 146 Å². The number of alkyl halides is 3. The Morgan fingerprint density at radius 1 is 1.24 bits per heavy atom. The average Bonchev–Trinajstić information content (AvgIpc) is 2.54. The van der Waals surface area contributed by atoms with Crippen LogP contribution in [-0.4, -0.2) is 12.0 Å². The predicted octanol–water partition coefficient (Wildman–Crippen LogP) is 5.29. The van der Waals surface area contributed by atoms with Gasteiger partial charge in [-0.1, -0.05) is 30.7 Å². The van der Waals surface area contributed by atoms with Crippen molar-refractivity contribution in [2.24, 2.45) is 0 Å². The molecule has 134 valence electrons. The zero-order valence-corrected chi connectivity index (χ0v) is 13.8. The van der Waals surface area contributed by atoms with E-state index in [9.17, 15) is 22.4 Å². The fourth-order valence-corrected chi connectivity index (χ4v) is 2.28. The molecule has 2 aromatic rings.